The van der Waals surface area contributed by atoms with Gasteiger partial charge in [0.2, 0.25) is 11.8 Å². The summed E-state index contributed by atoms with van der Waals surface area (Å²) in [6.45, 7) is 4.23. The number of rotatable bonds is 4. The zero-order chi connectivity index (χ0) is 21.3. The van der Waals surface area contributed by atoms with Crippen molar-refractivity contribution >= 4 is 29.6 Å². The normalized spacial score (nSPS) is 35.8. The van der Waals surface area contributed by atoms with Crippen molar-refractivity contribution in [1.29, 1.82) is 0 Å². The maximum Gasteiger partial charge on any atom is 0.230 e. The number of hydrogen-bond donors (Lipinski definition) is 2. The van der Waals surface area contributed by atoms with Crippen LogP contribution in [0.3, 0.4) is 0 Å². The van der Waals surface area contributed by atoms with Crippen LogP contribution in [-0.2, 0) is 14.4 Å². The summed E-state index contributed by atoms with van der Waals surface area (Å²) in [6.07, 6.45) is 12.2. The molecule has 1 fully saturated rings. The van der Waals surface area contributed by atoms with Gasteiger partial charge in [0.1, 0.15) is 6.04 Å². The van der Waals surface area contributed by atoms with Crippen molar-refractivity contribution in [1.82, 2.24) is 10.6 Å². The molecular weight excluding hydrogens is 380 g/mol. The van der Waals surface area contributed by atoms with Gasteiger partial charge in [0.25, 0.3) is 0 Å². The zero-order valence-corrected chi connectivity index (χ0v) is 17.7. The van der Waals surface area contributed by atoms with Gasteiger partial charge in [0, 0.05) is 5.54 Å². The van der Waals surface area contributed by atoms with E-state index in [1.807, 2.05) is 6.92 Å². The molecule has 2 amide bonds. The Kier molecular flexibility index (Phi) is 5.71. The maximum atomic E-state index is 12.8. The average molecular weight is 411 g/mol. The molecule has 160 valence electrons. The molecule has 5 atom stereocenters. The lowest BCUT2D eigenvalue weighted by atomic mass is 9.73. The van der Waals surface area contributed by atoms with Crippen molar-refractivity contribution < 1.29 is 14.4 Å². The average Bonchev–Trinajstić information content (AvgIpc) is 2.70. The van der Waals surface area contributed by atoms with Crippen LogP contribution in [0.2, 0.25) is 0 Å². The maximum absolute atomic E-state index is 12.8. The molecule has 0 aromatic heterocycles. The highest BCUT2D eigenvalue weighted by Crippen LogP contribution is 2.35. The van der Waals surface area contributed by atoms with Gasteiger partial charge in [-0.25, -0.2) is 0 Å². The first-order valence-corrected chi connectivity index (χ1v) is 11.0. The lowest BCUT2D eigenvalue weighted by Gasteiger charge is -2.42. The van der Waals surface area contributed by atoms with E-state index in [2.05, 4.69) is 33.6 Å². The van der Waals surface area contributed by atoms with Gasteiger partial charge in [0.05, 0.1) is 30.4 Å². The summed E-state index contributed by atoms with van der Waals surface area (Å²) in [5, 5.41) is 5.77. The Hall–Kier alpha value is -2.57. The van der Waals surface area contributed by atoms with Crippen LogP contribution in [0.1, 0.15) is 58.8 Å². The Morgan fingerprint density at radius 3 is 2.90 bits per heavy atom. The molecule has 1 saturated carbocycles. The number of hydrogen-bond acceptors (Lipinski definition) is 5. The molecule has 0 bridgehead atoms. The minimum absolute atomic E-state index is 0.0104. The van der Waals surface area contributed by atoms with Gasteiger partial charge < -0.3 is 10.6 Å². The molecule has 4 aliphatic rings. The second-order valence-corrected chi connectivity index (χ2v) is 9.39. The number of carbonyl (C=O) groups is 3. The van der Waals surface area contributed by atoms with E-state index in [0.717, 1.165) is 25.0 Å². The van der Waals surface area contributed by atoms with Crippen molar-refractivity contribution in [3.63, 3.8) is 0 Å². The van der Waals surface area contributed by atoms with Gasteiger partial charge in [0.15, 0.2) is 5.78 Å². The van der Waals surface area contributed by atoms with Crippen molar-refractivity contribution in [3.8, 4) is 0 Å². The Morgan fingerprint density at radius 1 is 1.30 bits per heavy atom. The van der Waals surface area contributed by atoms with Crippen molar-refractivity contribution in [2.75, 3.05) is 0 Å². The summed E-state index contributed by atoms with van der Waals surface area (Å²) in [7, 11) is 0. The predicted molar refractivity (Wildman–Crippen MR) is 115 cm³/mol. The molecule has 30 heavy (non-hydrogen) atoms. The molecule has 7 nitrogen and oxygen atoms in total. The van der Waals surface area contributed by atoms with E-state index in [4.69, 9.17) is 0 Å². The molecule has 4 rings (SSSR count). The third-order valence-electron chi connectivity index (χ3n) is 6.79. The SMILES string of the molecule is CC1CC=C(C2=N[C@H](CC(=O)NC3(C)CCC4C(=O)NC=NC4C3)C(=O)C=C2)CC1. The van der Waals surface area contributed by atoms with E-state index in [1.165, 1.54) is 11.9 Å². The Morgan fingerprint density at radius 2 is 2.13 bits per heavy atom. The predicted octanol–water partition coefficient (Wildman–Crippen LogP) is 2.27. The molecule has 2 N–H and O–H groups in total. The van der Waals surface area contributed by atoms with E-state index in [0.29, 0.717) is 25.2 Å². The Balaban J connectivity index is 1.39. The molecule has 2 heterocycles. The lowest BCUT2D eigenvalue weighted by Crippen LogP contribution is -2.55. The molecule has 2 aliphatic heterocycles. The van der Waals surface area contributed by atoms with Crippen LogP contribution >= 0.6 is 0 Å². The monoisotopic (exact) mass is 410 g/mol. The van der Waals surface area contributed by atoms with Crippen LogP contribution in [0.25, 0.3) is 0 Å². The number of nitrogens with zero attached hydrogens (tertiary/aromatic N) is 2. The Labute approximate surface area is 177 Å². The Bertz CT molecular complexity index is 872. The highest BCUT2D eigenvalue weighted by Gasteiger charge is 2.42. The van der Waals surface area contributed by atoms with Gasteiger partial charge in [-0.05, 0) is 69.1 Å². The third kappa shape index (κ3) is 4.45. The topological polar surface area (TPSA) is 100.0 Å². The molecule has 2 aliphatic carbocycles. The molecule has 0 saturated heterocycles. The molecule has 7 heteroatoms. The van der Waals surface area contributed by atoms with E-state index < -0.39 is 11.6 Å². The van der Waals surface area contributed by atoms with Gasteiger partial charge in [-0.3, -0.25) is 24.4 Å². The van der Waals surface area contributed by atoms with Gasteiger partial charge >= 0.3 is 0 Å². The fourth-order valence-electron chi connectivity index (χ4n) is 4.90. The number of allylic oxidation sites excluding steroid dienone is 3. The summed E-state index contributed by atoms with van der Waals surface area (Å²) >= 11 is 0. The van der Waals surface area contributed by atoms with Crippen molar-refractivity contribution in [2.45, 2.75) is 76.4 Å². The summed E-state index contributed by atoms with van der Waals surface area (Å²) in [5.74, 6) is 0.268. The van der Waals surface area contributed by atoms with Gasteiger partial charge in [-0.2, -0.15) is 0 Å². The smallest absolute Gasteiger partial charge is 0.230 e. The molecule has 4 unspecified atom stereocenters. The second-order valence-electron chi connectivity index (χ2n) is 9.39. The fraction of sp³-hybridized carbons (Fsp3) is 0.609. The van der Waals surface area contributed by atoms with E-state index >= 15 is 0 Å². The number of fused-ring (bicyclic) bond motifs is 1. The number of aliphatic imine (C=N–C) groups is 2. The van der Waals surface area contributed by atoms with E-state index in [1.54, 1.807) is 12.2 Å². The van der Waals surface area contributed by atoms with Crippen molar-refractivity contribution in [2.24, 2.45) is 21.8 Å². The number of dihydropyridines is 1. The standard InChI is InChI=1S/C23H30N4O3/c1-14-3-5-15(6-4-14)17-7-8-20(28)18(26-17)11-21(29)27-23(2)10-9-16-19(12-23)24-13-25-22(16)30/h5,7-8,13-14,16,18-19H,3-4,6,9-12H2,1-2H3,(H,27,29)(H,24,25,30)/t14?,16?,18-,19?,23?/m1/s1. The first-order valence-electron chi connectivity index (χ1n) is 11.0. The zero-order valence-electron chi connectivity index (χ0n) is 17.7. The molecule has 0 aromatic carbocycles. The highest BCUT2D eigenvalue weighted by molar-refractivity contribution is 6.15. The minimum atomic E-state index is -0.663. The number of nitrogens with one attached hydrogen (secondary N) is 2. The number of carbonyl (C=O) groups excluding carboxylic acids is 3. The van der Waals surface area contributed by atoms with E-state index in [-0.39, 0.29) is 36.0 Å². The van der Waals surface area contributed by atoms with E-state index in [9.17, 15) is 14.4 Å². The number of ketones is 1. The first kappa shape index (κ1) is 20.7. The summed E-state index contributed by atoms with van der Waals surface area (Å²) in [6, 6.07) is -0.772. The molecule has 0 aromatic rings. The summed E-state index contributed by atoms with van der Waals surface area (Å²) in [5.41, 5.74) is 1.59. The van der Waals surface area contributed by atoms with Crippen LogP contribution in [0.15, 0.2) is 33.8 Å². The fourth-order valence-corrected chi connectivity index (χ4v) is 4.90. The molecular formula is C23H30N4O3. The van der Waals surface area contributed by atoms with Gasteiger partial charge in [-0.15, -0.1) is 0 Å². The van der Waals surface area contributed by atoms with Crippen molar-refractivity contribution in [3.05, 3.63) is 23.8 Å². The van der Waals surface area contributed by atoms with Crippen LogP contribution in [0, 0.1) is 11.8 Å². The largest absolute Gasteiger partial charge is 0.351 e. The number of amides is 2. The highest BCUT2D eigenvalue weighted by atomic mass is 16.2. The molecule has 0 spiro atoms. The van der Waals surface area contributed by atoms with Crippen LogP contribution in [0.4, 0.5) is 0 Å². The van der Waals surface area contributed by atoms with Crippen LogP contribution in [0.5, 0.6) is 0 Å². The summed E-state index contributed by atoms with van der Waals surface area (Å²) in [4.78, 5) is 46.1. The quantitative estimate of drug-likeness (QED) is 0.743. The summed E-state index contributed by atoms with van der Waals surface area (Å²) < 4.78 is 0. The lowest BCUT2D eigenvalue weighted by molar-refractivity contribution is -0.128. The van der Waals surface area contributed by atoms with Crippen LogP contribution < -0.4 is 10.6 Å². The van der Waals surface area contributed by atoms with Gasteiger partial charge in [-0.1, -0.05) is 13.0 Å². The second kappa shape index (κ2) is 8.28. The first-order chi connectivity index (χ1) is 14.3. The minimum Gasteiger partial charge on any atom is -0.351 e. The van der Waals surface area contributed by atoms with Crippen LogP contribution in [-0.4, -0.2) is 47.3 Å². The third-order valence-corrected chi connectivity index (χ3v) is 6.79. The molecule has 0 radical (unpaired) electrons.